The molecule has 0 amide bonds. The highest BCUT2D eigenvalue weighted by Crippen LogP contribution is 2.41. The largest absolute Gasteiger partial charge is 0.474 e. The number of piperidine rings is 1. The Morgan fingerprint density at radius 2 is 1.65 bits per heavy atom. The van der Waals surface area contributed by atoms with Gasteiger partial charge in [0.1, 0.15) is 18.2 Å². The van der Waals surface area contributed by atoms with Crippen LogP contribution in [0.25, 0.3) is 0 Å². The summed E-state index contributed by atoms with van der Waals surface area (Å²) < 4.78 is 53.6. The molecule has 10 heteroatoms. The second-order valence-electron chi connectivity index (χ2n) is 8.68. The number of aryl methyl sites for hydroxylation is 1. The average Bonchev–Trinajstić information content (AvgIpc) is 3.10. The van der Waals surface area contributed by atoms with Gasteiger partial charge in [0.15, 0.2) is 5.75 Å². The van der Waals surface area contributed by atoms with Crippen LogP contribution in [0, 0.1) is 19.7 Å². The summed E-state index contributed by atoms with van der Waals surface area (Å²) in [6.07, 6.45) is 5.55. The third-order valence-electron chi connectivity index (χ3n) is 6.45. The van der Waals surface area contributed by atoms with Crippen LogP contribution < -0.4 is 9.47 Å². The third kappa shape index (κ3) is 4.23. The molecule has 5 rings (SSSR count). The first-order valence-corrected chi connectivity index (χ1v) is 12.6. The molecule has 2 aromatic heterocycles. The molecule has 2 aliphatic rings. The minimum absolute atomic E-state index is 0.115. The summed E-state index contributed by atoms with van der Waals surface area (Å²) in [6, 6.07) is 8.26. The van der Waals surface area contributed by atoms with E-state index in [0.29, 0.717) is 35.9 Å². The zero-order chi connectivity index (χ0) is 23.9. The summed E-state index contributed by atoms with van der Waals surface area (Å²) in [4.78, 5) is 12.9. The van der Waals surface area contributed by atoms with Crippen LogP contribution in [-0.2, 0) is 10.0 Å². The molecule has 2 bridgehead atoms. The van der Waals surface area contributed by atoms with E-state index in [0.717, 1.165) is 18.5 Å². The average molecular weight is 485 g/mol. The smallest absolute Gasteiger partial charge is 0.243 e. The van der Waals surface area contributed by atoms with Gasteiger partial charge in [0.25, 0.3) is 0 Å². The van der Waals surface area contributed by atoms with Gasteiger partial charge < -0.3 is 9.47 Å². The highest BCUT2D eigenvalue weighted by molar-refractivity contribution is 7.89. The van der Waals surface area contributed by atoms with E-state index in [1.165, 1.54) is 30.6 Å². The second-order valence-corrected chi connectivity index (χ2v) is 10.5. The zero-order valence-electron chi connectivity index (χ0n) is 18.9. The fraction of sp³-hybridized carbons (Fsp3) is 0.375. The lowest BCUT2D eigenvalue weighted by atomic mass is 10.0. The number of rotatable bonds is 6. The van der Waals surface area contributed by atoms with Gasteiger partial charge in [-0.25, -0.2) is 22.8 Å². The van der Waals surface area contributed by atoms with E-state index in [2.05, 4.69) is 15.0 Å². The zero-order valence-corrected chi connectivity index (χ0v) is 19.7. The Morgan fingerprint density at radius 1 is 0.971 bits per heavy atom. The minimum atomic E-state index is -3.70. The lowest BCUT2D eigenvalue weighted by Gasteiger charge is -2.37. The maximum Gasteiger partial charge on any atom is 0.243 e. The molecule has 0 spiro atoms. The molecule has 0 aliphatic carbocycles. The molecule has 3 atom stereocenters. The maximum absolute atomic E-state index is 13.3. The van der Waals surface area contributed by atoms with Gasteiger partial charge in [-0.05, 0) is 63.1 Å². The molecule has 2 saturated heterocycles. The lowest BCUT2D eigenvalue weighted by Crippen LogP contribution is -2.49. The van der Waals surface area contributed by atoms with Crippen LogP contribution in [0.2, 0.25) is 0 Å². The van der Waals surface area contributed by atoms with Gasteiger partial charge in [0.05, 0.1) is 16.2 Å². The topological polar surface area (TPSA) is 94.5 Å². The number of halogens is 1. The molecule has 1 aromatic carbocycles. The van der Waals surface area contributed by atoms with E-state index < -0.39 is 15.8 Å². The third-order valence-corrected chi connectivity index (χ3v) is 8.47. The molecule has 1 unspecified atom stereocenters. The number of aromatic nitrogens is 3. The van der Waals surface area contributed by atoms with E-state index in [9.17, 15) is 12.8 Å². The number of nitrogens with zero attached hydrogens (tertiary/aromatic N) is 4. The Bertz CT molecular complexity index is 1290. The van der Waals surface area contributed by atoms with Gasteiger partial charge in [0, 0.05) is 31.1 Å². The van der Waals surface area contributed by atoms with Crippen LogP contribution in [0.15, 0.2) is 53.8 Å². The molecule has 3 aromatic rings. The summed E-state index contributed by atoms with van der Waals surface area (Å²) in [6.45, 7) is 3.69. The molecule has 8 nitrogen and oxygen atoms in total. The Kier molecular flexibility index (Phi) is 5.95. The molecule has 34 heavy (non-hydrogen) atoms. The standard InChI is InChI=1S/C24H25FN4O4S/c1-15-23(27-14-28-24(15)33-22-4-3-11-26-16(22)2)32-20-12-18-7-8-19(13-20)29(18)34(30,31)21-9-5-17(25)6-10-21/h3-6,9-11,14,18-20H,7-8,12-13H2,1-2H3/t18-,19+,20?. The van der Waals surface area contributed by atoms with Crippen molar-refractivity contribution in [3.05, 3.63) is 66.0 Å². The predicted octanol–water partition coefficient (Wildman–Crippen LogP) is 4.18. The lowest BCUT2D eigenvalue weighted by molar-refractivity contribution is 0.0907. The monoisotopic (exact) mass is 484 g/mol. The van der Waals surface area contributed by atoms with Crippen molar-refractivity contribution in [2.75, 3.05) is 0 Å². The maximum atomic E-state index is 13.3. The summed E-state index contributed by atoms with van der Waals surface area (Å²) in [7, 11) is -3.70. The van der Waals surface area contributed by atoms with Crippen molar-refractivity contribution in [3.63, 3.8) is 0 Å². The fourth-order valence-corrected chi connectivity index (χ4v) is 6.67. The van der Waals surface area contributed by atoms with E-state index in [1.54, 1.807) is 16.6 Å². The highest BCUT2D eigenvalue weighted by Gasteiger charge is 2.48. The molecule has 2 fully saturated rings. The minimum Gasteiger partial charge on any atom is -0.474 e. The van der Waals surface area contributed by atoms with Crippen LogP contribution in [0.3, 0.4) is 0 Å². The normalized spacial score (nSPS) is 22.5. The number of pyridine rings is 1. The van der Waals surface area contributed by atoms with Crippen molar-refractivity contribution < 1.29 is 22.3 Å². The summed E-state index contributed by atoms with van der Waals surface area (Å²) in [5.41, 5.74) is 1.41. The number of hydrogen-bond acceptors (Lipinski definition) is 7. The molecule has 0 radical (unpaired) electrons. The van der Waals surface area contributed by atoms with Gasteiger partial charge in [-0.15, -0.1) is 0 Å². The van der Waals surface area contributed by atoms with Crippen molar-refractivity contribution >= 4 is 10.0 Å². The van der Waals surface area contributed by atoms with Crippen LogP contribution in [-0.4, -0.2) is 45.9 Å². The SMILES string of the molecule is Cc1ncccc1Oc1ncnc(OC2C[C@H]3CC[C@@H](C2)N3S(=O)(=O)c2ccc(F)cc2)c1C. The molecule has 4 heterocycles. The first-order chi connectivity index (χ1) is 16.3. The molecular weight excluding hydrogens is 459 g/mol. The Labute approximate surface area is 197 Å². The number of hydrogen-bond donors (Lipinski definition) is 0. The van der Waals surface area contributed by atoms with Crippen LogP contribution in [0.1, 0.15) is 36.9 Å². The van der Waals surface area contributed by atoms with Crippen LogP contribution in [0.4, 0.5) is 4.39 Å². The Hall–Kier alpha value is -3.11. The Morgan fingerprint density at radius 3 is 2.32 bits per heavy atom. The van der Waals surface area contributed by atoms with Crippen molar-refractivity contribution in [1.82, 2.24) is 19.3 Å². The first kappa shape index (κ1) is 22.7. The predicted molar refractivity (Wildman–Crippen MR) is 122 cm³/mol. The highest BCUT2D eigenvalue weighted by atomic mass is 32.2. The van der Waals surface area contributed by atoms with Gasteiger partial charge in [-0.3, -0.25) is 4.98 Å². The summed E-state index contributed by atoms with van der Waals surface area (Å²) >= 11 is 0. The quantitative estimate of drug-likeness (QED) is 0.518. The van der Waals surface area contributed by atoms with Crippen LogP contribution >= 0.6 is 0 Å². The van der Waals surface area contributed by atoms with Crippen molar-refractivity contribution in [1.29, 1.82) is 0 Å². The number of fused-ring (bicyclic) bond motifs is 2. The number of ether oxygens (including phenoxy) is 2. The van der Waals surface area contributed by atoms with Gasteiger partial charge in [-0.2, -0.15) is 4.31 Å². The molecular formula is C24H25FN4O4S. The number of benzene rings is 1. The van der Waals surface area contributed by atoms with Gasteiger partial charge >= 0.3 is 0 Å². The van der Waals surface area contributed by atoms with E-state index >= 15 is 0 Å². The second kappa shape index (κ2) is 8.92. The van der Waals surface area contributed by atoms with Crippen LogP contribution in [0.5, 0.6) is 17.5 Å². The summed E-state index contributed by atoms with van der Waals surface area (Å²) in [5.74, 6) is 0.954. The molecule has 178 valence electrons. The van der Waals surface area contributed by atoms with Crippen molar-refractivity contribution in [3.8, 4) is 17.5 Å². The van der Waals surface area contributed by atoms with E-state index in [1.807, 2.05) is 19.9 Å². The van der Waals surface area contributed by atoms with E-state index in [4.69, 9.17) is 9.47 Å². The first-order valence-electron chi connectivity index (χ1n) is 11.2. The van der Waals surface area contributed by atoms with Gasteiger partial charge in [-0.1, -0.05) is 0 Å². The van der Waals surface area contributed by atoms with Crippen molar-refractivity contribution in [2.24, 2.45) is 0 Å². The molecule has 2 aliphatic heterocycles. The van der Waals surface area contributed by atoms with Gasteiger partial charge in [0.2, 0.25) is 21.8 Å². The molecule has 0 N–H and O–H groups in total. The van der Waals surface area contributed by atoms with Crippen molar-refractivity contribution in [2.45, 2.75) is 62.6 Å². The summed E-state index contributed by atoms with van der Waals surface area (Å²) in [5, 5.41) is 0. The number of sulfonamides is 1. The molecule has 0 saturated carbocycles. The van der Waals surface area contributed by atoms with E-state index in [-0.39, 0.29) is 23.1 Å². The Balaban J connectivity index is 1.32. The fourth-order valence-electron chi connectivity index (χ4n) is 4.78.